The number of allylic oxidation sites excluding steroid dienone is 2. The van der Waals surface area contributed by atoms with Gasteiger partial charge in [-0.15, -0.1) is 17.1 Å². The van der Waals surface area contributed by atoms with Gasteiger partial charge in [-0.3, -0.25) is 4.98 Å². The van der Waals surface area contributed by atoms with E-state index in [4.69, 9.17) is 4.98 Å². The molecule has 22 heavy (non-hydrogen) atoms. The van der Waals surface area contributed by atoms with Gasteiger partial charge < -0.3 is 4.98 Å². The van der Waals surface area contributed by atoms with Gasteiger partial charge in [0.05, 0.1) is 17.1 Å². The first-order valence-corrected chi connectivity index (χ1v) is 7.89. The number of aryl methyl sites for hydroxylation is 1. The Morgan fingerprint density at radius 1 is 1.27 bits per heavy atom. The largest absolute Gasteiger partial charge is 0.360 e. The third-order valence-corrected chi connectivity index (χ3v) is 4.41. The summed E-state index contributed by atoms with van der Waals surface area (Å²) in [5, 5.41) is 3.03. The van der Waals surface area contributed by atoms with Crippen molar-refractivity contribution < 1.29 is 0 Å². The van der Waals surface area contributed by atoms with Crippen LogP contribution in [0.2, 0.25) is 0 Å². The summed E-state index contributed by atoms with van der Waals surface area (Å²) in [5.74, 6) is 0. The van der Waals surface area contributed by atoms with E-state index in [-0.39, 0.29) is 0 Å². The van der Waals surface area contributed by atoms with E-state index in [9.17, 15) is 0 Å². The Hall–Kier alpha value is -2.68. The van der Waals surface area contributed by atoms with Crippen LogP contribution in [0.5, 0.6) is 0 Å². The van der Waals surface area contributed by atoms with Crippen molar-refractivity contribution in [3.63, 3.8) is 0 Å². The molecule has 3 aromatic rings. The minimum absolute atomic E-state index is 0.926. The average molecular weight is 303 g/mol. The molecule has 1 N–H and O–H groups in total. The molecule has 0 atom stereocenters. The number of pyridine rings is 1. The van der Waals surface area contributed by atoms with Gasteiger partial charge in [0.1, 0.15) is 5.01 Å². The summed E-state index contributed by atoms with van der Waals surface area (Å²) in [6.45, 7) is 2.07. The fourth-order valence-electron chi connectivity index (χ4n) is 2.46. The van der Waals surface area contributed by atoms with Gasteiger partial charge in [-0.2, -0.15) is 0 Å². The quantitative estimate of drug-likeness (QED) is 0.697. The molecule has 0 radical (unpaired) electrons. The number of rotatable bonds is 2. The van der Waals surface area contributed by atoms with E-state index in [2.05, 4.69) is 40.1 Å². The summed E-state index contributed by atoms with van der Waals surface area (Å²) in [6.07, 6.45) is 11.8. The van der Waals surface area contributed by atoms with Crippen LogP contribution < -0.4 is 0 Å². The number of aromatic nitrogens is 3. The highest BCUT2D eigenvalue weighted by atomic mass is 32.1. The molecule has 1 aliphatic rings. The fraction of sp³-hybridized carbons (Fsp3) is 0.0556. The van der Waals surface area contributed by atoms with Gasteiger partial charge in [0.15, 0.2) is 0 Å². The number of aromatic amines is 1. The molecule has 4 rings (SSSR count). The second kappa shape index (κ2) is 5.26. The van der Waals surface area contributed by atoms with Crippen molar-refractivity contribution in [2.45, 2.75) is 6.92 Å². The van der Waals surface area contributed by atoms with Crippen LogP contribution in [0, 0.1) is 6.92 Å². The van der Waals surface area contributed by atoms with Gasteiger partial charge in [0.25, 0.3) is 0 Å². The van der Waals surface area contributed by atoms with E-state index in [0.29, 0.717) is 0 Å². The van der Waals surface area contributed by atoms with Gasteiger partial charge in [0.2, 0.25) is 0 Å². The maximum absolute atomic E-state index is 4.76. The summed E-state index contributed by atoms with van der Waals surface area (Å²) in [4.78, 5) is 12.5. The Balaban J connectivity index is 1.77. The molecule has 0 aliphatic heterocycles. The summed E-state index contributed by atoms with van der Waals surface area (Å²) in [7, 11) is 0. The van der Waals surface area contributed by atoms with Crippen LogP contribution >= 0.6 is 11.3 Å². The third-order valence-electron chi connectivity index (χ3n) is 3.55. The van der Waals surface area contributed by atoms with Crippen LogP contribution in [0.15, 0.2) is 47.8 Å². The molecule has 3 nitrogen and oxygen atoms in total. The van der Waals surface area contributed by atoms with Gasteiger partial charge in [-0.25, -0.2) is 4.98 Å². The van der Waals surface area contributed by atoms with E-state index in [1.807, 2.05) is 36.7 Å². The fourth-order valence-corrected chi connectivity index (χ4v) is 3.25. The SMILES string of the molecule is Cc1ccnc(-c2nc(-c3c[nH]c4c3C=CC=C=C4)cs2)c1. The molecular formula is C18H13N3S. The molecule has 4 heteroatoms. The number of fused-ring (bicyclic) bond motifs is 1. The maximum atomic E-state index is 4.76. The second-order valence-corrected chi connectivity index (χ2v) is 5.98. The lowest BCUT2D eigenvalue weighted by Crippen LogP contribution is -1.84. The summed E-state index contributed by atoms with van der Waals surface area (Å²) in [5.41, 5.74) is 9.51. The van der Waals surface area contributed by atoms with E-state index in [0.717, 1.165) is 33.2 Å². The van der Waals surface area contributed by atoms with E-state index in [1.165, 1.54) is 5.56 Å². The van der Waals surface area contributed by atoms with Crippen molar-refractivity contribution in [3.05, 3.63) is 64.6 Å². The molecule has 3 aromatic heterocycles. The van der Waals surface area contributed by atoms with Crippen LogP contribution in [-0.2, 0) is 0 Å². The zero-order valence-corrected chi connectivity index (χ0v) is 12.8. The lowest BCUT2D eigenvalue weighted by atomic mass is 10.1. The molecule has 0 bridgehead atoms. The average Bonchev–Trinajstić information content (AvgIpc) is 3.09. The zero-order chi connectivity index (χ0) is 14.9. The van der Waals surface area contributed by atoms with Crippen molar-refractivity contribution in [2.24, 2.45) is 0 Å². The van der Waals surface area contributed by atoms with E-state index < -0.39 is 0 Å². The van der Waals surface area contributed by atoms with Gasteiger partial charge in [0, 0.05) is 35.0 Å². The topological polar surface area (TPSA) is 41.6 Å². The molecule has 106 valence electrons. The Morgan fingerprint density at radius 3 is 3.14 bits per heavy atom. The van der Waals surface area contributed by atoms with Crippen LogP contribution in [-0.4, -0.2) is 15.0 Å². The van der Waals surface area contributed by atoms with Gasteiger partial charge in [-0.1, -0.05) is 12.2 Å². The molecule has 0 spiro atoms. The highest BCUT2D eigenvalue weighted by Gasteiger charge is 2.14. The van der Waals surface area contributed by atoms with Crippen LogP contribution in [0.25, 0.3) is 34.1 Å². The summed E-state index contributed by atoms with van der Waals surface area (Å²) < 4.78 is 0. The molecule has 0 amide bonds. The van der Waals surface area contributed by atoms with Crippen LogP contribution in [0.4, 0.5) is 0 Å². The zero-order valence-electron chi connectivity index (χ0n) is 12.0. The number of thiazole rings is 1. The van der Waals surface area contributed by atoms with Gasteiger partial charge >= 0.3 is 0 Å². The number of nitrogens with one attached hydrogen (secondary N) is 1. The highest BCUT2D eigenvalue weighted by Crippen LogP contribution is 2.32. The highest BCUT2D eigenvalue weighted by molar-refractivity contribution is 7.13. The number of nitrogens with zero attached hydrogens (tertiary/aromatic N) is 2. The molecule has 3 heterocycles. The minimum Gasteiger partial charge on any atom is -0.360 e. The molecule has 0 aromatic carbocycles. The maximum Gasteiger partial charge on any atom is 0.142 e. The first-order valence-electron chi connectivity index (χ1n) is 7.01. The Morgan fingerprint density at radius 2 is 2.23 bits per heavy atom. The molecule has 0 unspecified atom stereocenters. The predicted molar refractivity (Wildman–Crippen MR) is 91.4 cm³/mol. The van der Waals surface area contributed by atoms with E-state index >= 15 is 0 Å². The first kappa shape index (κ1) is 13.0. The Bertz CT molecular complexity index is 937. The summed E-state index contributed by atoms with van der Waals surface area (Å²) in [6, 6.07) is 4.06. The minimum atomic E-state index is 0.926. The number of H-pyrrole nitrogens is 1. The number of hydrogen-bond acceptors (Lipinski definition) is 3. The van der Waals surface area contributed by atoms with Crippen molar-refractivity contribution >= 4 is 23.5 Å². The number of hydrogen-bond donors (Lipinski definition) is 1. The van der Waals surface area contributed by atoms with Crippen molar-refractivity contribution in [1.29, 1.82) is 0 Å². The monoisotopic (exact) mass is 303 g/mol. The Kier molecular flexibility index (Phi) is 3.11. The van der Waals surface area contributed by atoms with E-state index in [1.54, 1.807) is 11.3 Å². The van der Waals surface area contributed by atoms with Crippen molar-refractivity contribution in [1.82, 2.24) is 15.0 Å². The third kappa shape index (κ3) is 2.25. The van der Waals surface area contributed by atoms with Crippen molar-refractivity contribution in [2.75, 3.05) is 0 Å². The molecular weight excluding hydrogens is 290 g/mol. The van der Waals surface area contributed by atoms with Crippen LogP contribution in [0.1, 0.15) is 16.8 Å². The normalized spacial score (nSPS) is 12.4. The lowest BCUT2D eigenvalue weighted by Gasteiger charge is -1.98. The lowest BCUT2D eigenvalue weighted by molar-refractivity contribution is 1.26. The summed E-state index contributed by atoms with van der Waals surface area (Å²) >= 11 is 1.62. The smallest absolute Gasteiger partial charge is 0.142 e. The molecule has 0 saturated heterocycles. The van der Waals surface area contributed by atoms with Crippen molar-refractivity contribution in [3.8, 4) is 22.0 Å². The first-order chi connectivity index (χ1) is 10.8. The van der Waals surface area contributed by atoms with Gasteiger partial charge in [-0.05, 0) is 30.7 Å². The second-order valence-electron chi connectivity index (χ2n) is 5.12. The standard InChI is InChI=1S/C18H13N3S/c1-12-7-8-19-16(9-12)18-21-17(11-22-18)14-10-20-15-6-4-2-3-5-13(14)15/h2-3,5-11,20H,1H3. The molecule has 1 aliphatic carbocycles. The molecule has 0 fully saturated rings. The van der Waals surface area contributed by atoms with Crippen LogP contribution in [0.3, 0.4) is 0 Å². The molecule has 0 saturated carbocycles. The Labute approximate surface area is 132 Å². The predicted octanol–water partition coefficient (Wildman–Crippen LogP) is 4.70.